The van der Waals surface area contributed by atoms with Crippen LogP contribution in [0, 0.1) is 5.92 Å². The first-order valence-corrected chi connectivity index (χ1v) is 10.9. The van der Waals surface area contributed by atoms with E-state index < -0.39 is 0 Å². The number of hydrogen-bond acceptors (Lipinski definition) is 2. The van der Waals surface area contributed by atoms with Gasteiger partial charge in [0, 0.05) is 9.52 Å². The standard InChI is InChI=1S/C18H36N2Si/c1-16(2)21-15-17(3)18(4,19-11-7-5-8-12-19)20-13-9-6-10-14-20/h17H,1,5-15,21H2,2-4H3. The fourth-order valence-electron chi connectivity index (χ4n) is 4.25. The first-order valence-electron chi connectivity index (χ1n) is 9.19. The second kappa shape index (κ2) is 7.93. The Labute approximate surface area is 134 Å². The fourth-order valence-corrected chi connectivity index (χ4v) is 5.73. The smallest absolute Gasteiger partial charge is 0.0732 e. The lowest BCUT2D eigenvalue weighted by Crippen LogP contribution is -2.64. The molecule has 2 heterocycles. The van der Waals surface area contributed by atoms with E-state index in [1.165, 1.54) is 75.9 Å². The monoisotopic (exact) mass is 308 g/mol. The second-order valence-corrected chi connectivity index (χ2v) is 9.87. The molecule has 2 fully saturated rings. The maximum absolute atomic E-state index is 4.17. The van der Waals surface area contributed by atoms with Crippen molar-refractivity contribution < 1.29 is 0 Å². The van der Waals surface area contributed by atoms with E-state index in [1.54, 1.807) is 0 Å². The van der Waals surface area contributed by atoms with E-state index in [0.29, 0.717) is 5.66 Å². The lowest BCUT2D eigenvalue weighted by Gasteiger charge is -2.55. The molecule has 2 aliphatic rings. The second-order valence-electron chi connectivity index (χ2n) is 7.59. The number of hydrogen-bond donors (Lipinski definition) is 0. The Morgan fingerprint density at radius 2 is 1.43 bits per heavy atom. The molecule has 0 aromatic carbocycles. The van der Waals surface area contributed by atoms with Crippen LogP contribution in [-0.2, 0) is 0 Å². The highest BCUT2D eigenvalue weighted by Gasteiger charge is 2.42. The van der Waals surface area contributed by atoms with Crippen LogP contribution in [0.1, 0.15) is 59.3 Å². The third kappa shape index (κ3) is 4.20. The molecule has 0 aromatic rings. The van der Waals surface area contributed by atoms with Crippen LogP contribution >= 0.6 is 0 Å². The van der Waals surface area contributed by atoms with Crippen LogP contribution in [0.2, 0.25) is 6.04 Å². The van der Waals surface area contributed by atoms with Gasteiger partial charge in [-0.05, 0) is 71.6 Å². The quantitative estimate of drug-likeness (QED) is 0.694. The molecule has 122 valence electrons. The van der Waals surface area contributed by atoms with Crippen molar-refractivity contribution in [3.63, 3.8) is 0 Å². The van der Waals surface area contributed by atoms with Crippen LogP contribution in [0.5, 0.6) is 0 Å². The normalized spacial score (nSPS) is 24.5. The Bertz CT molecular complexity index is 312. The van der Waals surface area contributed by atoms with Gasteiger partial charge in [0.15, 0.2) is 0 Å². The lowest BCUT2D eigenvalue weighted by atomic mass is 9.89. The zero-order valence-corrected chi connectivity index (χ0v) is 16.1. The molecule has 0 radical (unpaired) electrons. The molecular formula is C18H36N2Si. The predicted molar refractivity (Wildman–Crippen MR) is 96.6 cm³/mol. The summed E-state index contributed by atoms with van der Waals surface area (Å²) in [7, 11) is -0.100. The van der Waals surface area contributed by atoms with E-state index >= 15 is 0 Å². The highest BCUT2D eigenvalue weighted by molar-refractivity contribution is 6.44. The maximum Gasteiger partial charge on any atom is 0.0732 e. The number of piperidine rings is 2. The average Bonchev–Trinajstić information content (AvgIpc) is 2.53. The lowest BCUT2D eigenvalue weighted by molar-refractivity contribution is -0.0949. The Hall–Kier alpha value is -0.123. The molecule has 0 N–H and O–H groups in total. The van der Waals surface area contributed by atoms with Gasteiger partial charge in [0.2, 0.25) is 0 Å². The van der Waals surface area contributed by atoms with Crippen LogP contribution in [0.3, 0.4) is 0 Å². The van der Waals surface area contributed by atoms with Crippen LogP contribution in [-0.4, -0.2) is 51.2 Å². The van der Waals surface area contributed by atoms with Crippen molar-refractivity contribution in [2.24, 2.45) is 5.92 Å². The summed E-state index contributed by atoms with van der Waals surface area (Å²) in [4.78, 5) is 5.67. The molecule has 0 aliphatic carbocycles. The van der Waals surface area contributed by atoms with Gasteiger partial charge in [0.25, 0.3) is 0 Å². The third-order valence-electron chi connectivity index (χ3n) is 5.93. The molecular weight excluding hydrogens is 272 g/mol. The first-order chi connectivity index (χ1) is 10.0. The van der Waals surface area contributed by atoms with Gasteiger partial charge in [0.1, 0.15) is 0 Å². The summed E-state index contributed by atoms with van der Waals surface area (Å²) >= 11 is 0. The first kappa shape index (κ1) is 17.2. The average molecular weight is 309 g/mol. The zero-order chi connectivity index (χ0) is 15.3. The molecule has 1 unspecified atom stereocenters. The van der Waals surface area contributed by atoms with Gasteiger partial charge in [-0.15, -0.1) is 6.58 Å². The molecule has 2 aliphatic heterocycles. The fraction of sp³-hybridized carbons (Fsp3) is 0.889. The summed E-state index contributed by atoms with van der Waals surface area (Å²) in [6, 6.07) is 1.42. The molecule has 2 rings (SSSR count). The minimum atomic E-state index is -0.100. The molecule has 0 spiro atoms. The number of nitrogens with zero attached hydrogens (tertiary/aromatic N) is 2. The van der Waals surface area contributed by atoms with Gasteiger partial charge in [-0.1, -0.05) is 31.0 Å². The molecule has 3 heteroatoms. The Balaban J connectivity index is 2.12. The molecule has 1 atom stereocenters. The van der Waals surface area contributed by atoms with E-state index in [-0.39, 0.29) is 9.52 Å². The van der Waals surface area contributed by atoms with Gasteiger partial charge in [-0.25, -0.2) is 0 Å². The van der Waals surface area contributed by atoms with Gasteiger partial charge < -0.3 is 0 Å². The molecule has 0 aromatic heterocycles. The summed E-state index contributed by atoms with van der Waals surface area (Å²) < 4.78 is 0. The van der Waals surface area contributed by atoms with Crippen LogP contribution in [0.15, 0.2) is 11.8 Å². The highest BCUT2D eigenvalue weighted by atomic mass is 28.2. The Kier molecular flexibility index (Phi) is 6.51. The molecule has 0 amide bonds. The molecule has 21 heavy (non-hydrogen) atoms. The molecule has 2 nitrogen and oxygen atoms in total. The largest absolute Gasteiger partial charge is 0.285 e. The number of allylic oxidation sites excluding steroid dienone is 1. The van der Waals surface area contributed by atoms with E-state index in [4.69, 9.17) is 0 Å². The summed E-state index contributed by atoms with van der Waals surface area (Å²) in [5.41, 5.74) is 0.295. The van der Waals surface area contributed by atoms with Crippen LogP contribution in [0.25, 0.3) is 0 Å². The van der Waals surface area contributed by atoms with Crippen molar-refractivity contribution in [2.75, 3.05) is 26.2 Å². The van der Waals surface area contributed by atoms with E-state index in [1.807, 2.05) is 0 Å². The number of rotatable bonds is 6. The van der Waals surface area contributed by atoms with E-state index in [9.17, 15) is 0 Å². The molecule has 2 saturated heterocycles. The van der Waals surface area contributed by atoms with Crippen molar-refractivity contribution in [3.05, 3.63) is 11.8 Å². The van der Waals surface area contributed by atoms with Gasteiger partial charge in [-0.3, -0.25) is 9.80 Å². The summed E-state index contributed by atoms with van der Waals surface area (Å²) in [5, 5.41) is 1.47. The minimum Gasteiger partial charge on any atom is -0.285 e. The van der Waals surface area contributed by atoms with E-state index in [0.717, 1.165) is 5.92 Å². The van der Waals surface area contributed by atoms with Gasteiger partial charge >= 0.3 is 0 Å². The maximum atomic E-state index is 4.17. The zero-order valence-electron chi connectivity index (χ0n) is 14.7. The summed E-state index contributed by atoms with van der Waals surface area (Å²) in [5.74, 6) is 0.775. The van der Waals surface area contributed by atoms with Crippen molar-refractivity contribution in [1.29, 1.82) is 0 Å². The van der Waals surface area contributed by atoms with E-state index in [2.05, 4.69) is 37.1 Å². The summed E-state index contributed by atoms with van der Waals surface area (Å²) in [6.07, 6.45) is 8.45. The van der Waals surface area contributed by atoms with Gasteiger partial charge in [-0.2, -0.15) is 0 Å². The highest BCUT2D eigenvalue weighted by Crippen LogP contribution is 2.35. The Morgan fingerprint density at radius 1 is 1.00 bits per heavy atom. The Morgan fingerprint density at radius 3 is 1.81 bits per heavy atom. The van der Waals surface area contributed by atoms with Crippen molar-refractivity contribution in [2.45, 2.75) is 71.0 Å². The van der Waals surface area contributed by atoms with Crippen LogP contribution < -0.4 is 0 Å². The van der Waals surface area contributed by atoms with Crippen molar-refractivity contribution in [1.82, 2.24) is 9.80 Å². The SMILES string of the molecule is C=C(C)[SiH2]CC(C)C(C)(N1CCCCC1)N1CCCCC1. The molecule has 0 saturated carbocycles. The molecule has 0 bridgehead atoms. The third-order valence-corrected chi connectivity index (χ3v) is 7.94. The van der Waals surface area contributed by atoms with Crippen molar-refractivity contribution >= 4 is 9.52 Å². The number of likely N-dealkylation sites (tertiary alicyclic amines) is 2. The predicted octanol–water partition coefficient (Wildman–Crippen LogP) is 3.43. The van der Waals surface area contributed by atoms with Gasteiger partial charge in [0.05, 0.1) is 5.66 Å². The summed E-state index contributed by atoms with van der Waals surface area (Å²) in [6.45, 7) is 16.7. The minimum absolute atomic E-state index is 0.100. The van der Waals surface area contributed by atoms with Crippen molar-refractivity contribution in [3.8, 4) is 0 Å². The topological polar surface area (TPSA) is 6.48 Å². The van der Waals surface area contributed by atoms with Crippen LogP contribution in [0.4, 0.5) is 0 Å².